The van der Waals surface area contributed by atoms with Crippen molar-refractivity contribution < 1.29 is 9.53 Å². The van der Waals surface area contributed by atoms with E-state index in [2.05, 4.69) is 64.2 Å². The zero-order valence-corrected chi connectivity index (χ0v) is 21.2. The van der Waals surface area contributed by atoms with Crippen LogP contribution in [-0.2, 0) is 9.53 Å². The molecule has 1 N–H and O–H groups in total. The Kier molecular flexibility index (Phi) is 6.05. The lowest BCUT2D eigenvalue weighted by molar-refractivity contribution is -0.138. The summed E-state index contributed by atoms with van der Waals surface area (Å²) < 4.78 is 6.08. The molecule has 1 amide bonds. The van der Waals surface area contributed by atoms with Gasteiger partial charge < -0.3 is 10.1 Å². The van der Waals surface area contributed by atoms with Crippen LogP contribution in [0.5, 0.6) is 0 Å². The fourth-order valence-corrected chi connectivity index (χ4v) is 6.68. The van der Waals surface area contributed by atoms with Crippen molar-refractivity contribution in [2.75, 3.05) is 13.2 Å². The number of ether oxygens (including phenoxy) is 1. The van der Waals surface area contributed by atoms with Gasteiger partial charge in [-0.3, -0.25) is 4.79 Å². The highest BCUT2D eigenvalue weighted by Gasteiger charge is 2.53. The van der Waals surface area contributed by atoms with Crippen molar-refractivity contribution in [3.63, 3.8) is 0 Å². The molecule has 178 valence electrons. The maximum atomic E-state index is 13.7. The van der Waals surface area contributed by atoms with Gasteiger partial charge in [0.05, 0.1) is 18.6 Å². The molecule has 0 aromatic carbocycles. The van der Waals surface area contributed by atoms with E-state index in [1.165, 1.54) is 36.0 Å². The van der Waals surface area contributed by atoms with E-state index in [-0.39, 0.29) is 11.8 Å². The highest BCUT2D eigenvalue weighted by molar-refractivity contribution is 5.87. The molecule has 3 nitrogen and oxygen atoms in total. The summed E-state index contributed by atoms with van der Waals surface area (Å²) in [5, 5.41) is 3.34. The Hall–Kier alpha value is -1.87. The van der Waals surface area contributed by atoms with E-state index >= 15 is 0 Å². The van der Waals surface area contributed by atoms with Gasteiger partial charge in [-0.05, 0) is 92.8 Å². The van der Waals surface area contributed by atoms with Gasteiger partial charge in [-0.1, -0.05) is 56.2 Å². The topological polar surface area (TPSA) is 38.3 Å². The molecule has 0 spiro atoms. The number of nitrogens with one attached hydrogen (secondary N) is 1. The molecule has 0 saturated carbocycles. The van der Waals surface area contributed by atoms with Gasteiger partial charge >= 0.3 is 0 Å². The monoisotopic (exact) mass is 447 g/mol. The predicted octanol–water partition coefficient (Wildman–Crippen LogP) is 6.65. The minimum Gasteiger partial charge on any atom is -0.376 e. The van der Waals surface area contributed by atoms with Crippen molar-refractivity contribution in [3.05, 3.63) is 57.9 Å². The summed E-state index contributed by atoms with van der Waals surface area (Å²) >= 11 is 0. The molecule has 0 aromatic rings. The van der Waals surface area contributed by atoms with Crippen LogP contribution in [0.2, 0.25) is 0 Å². The average Bonchev–Trinajstić information content (AvgIpc) is 3.51. The van der Waals surface area contributed by atoms with Crippen LogP contribution >= 0.6 is 0 Å². The van der Waals surface area contributed by atoms with Gasteiger partial charge in [0.1, 0.15) is 0 Å². The van der Waals surface area contributed by atoms with E-state index in [1.807, 2.05) is 0 Å². The second-order valence-corrected chi connectivity index (χ2v) is 11.7. The Morgan fingerprint density at radius 1 is 1.15 bits per heavy atom. The Morgan fingerprint density at radius 2 is 1.97 bits per heavy atom. The fourth-order valence-electron chi connectivity index (χ4n) is 6.68. The molecule has 33 heavy (non-hydrogen) atoms. The van der Waals surface area contributed by atoms with Crippen LogP contribution in [0.3, 0.4) is 0 Å². The largest absolute Gasteiger partial charge is 0.376 e. The molecule has 5 unspecified atom stereocenters. The second-order valence-electron chi connectivity index (χ2n) is 11.7. The lowest BCUT2D eigenvalue weighted by atomic mass is 9.62. The summed E-state index contributed by atoms with van der Waals surface area (Å²) in [4.78, 5) is 13.7. The number of fused-ring (bicyclic) bond motifs is 2. The molecule has 2 heterocycles. The van der Waals surface area contributed by atoms with Crippen molar-refractivity contribution in [3.8, 4) is 0 Å². The molecule has 3 aliphatic carbocycles. The number of carbonyl (C=O) groups excluding carboxylic acids is 1. The second kappa shape index (κ2) is 8.73. The maximum absolute atomic E-state index is 13.7. The molecule has 5 atom stereocenters. The van der Waals surface area contributed by atoms with Crippen molar-refractivity contribution >= 4 is 5.91 Å². The minimum atomic E-state index is -0.530. The van der Waals surface area contributed by atoms with Gasteiger partial charge in [0.15, 0.2) is 0 Å². The molecule has 5 rings (SSSR count). The van der Waals surface area contributed by atoms with Gasteiger partial charge in [0, 0.05) is 11.6 Å². The summed E-state index contributed by atoms with van der Waals surface area (Å²) in [6, 6.07) is 0. The molecule has 3 heteroatoms. The van der Waals surface area contributed by atoms with Gasteiger partial charge in [-0.25, -0.2) is 0 Å². The summed E-state index contributed by atoms with van der Waals surface area (Å²) in [5.74, 6) is 2.38. The Balaban J connectivity index is 1.56. The summed E-state index contributed by atoms with van der Waals surface area (Å²) in [5.41, 5.74) is 7.70. The first-order valence-corrected chi connectivity index (χ1v) is 13.2. The molecule has 0 radical (unpaired) electrons. The molecule has 0 fully saturated rings. The van der Waals surface area contributed by atoms with Crippen molar-refractivity contribution in [1.82, 2.24) is 5.32 Å². The van der Waals surface area contributed by atoms with Crippen LogP contribution in [0.1, 0.15) is 73.1 Å². The average molecular weight is 448 g/mol. The van der Waals surface area contributed by atoms with Crippen LogP contribution < -0.4 is 5.32 Å². The molecule has 2 aliphatic heterocycles. The summed E-state index contributed by atoms with van der Waals surface area (Å²) in [6.07, 6.45) is 16.8. The lowest BCUT2D eigenvalue weighted by Gasteiger charge is -2.45. The van der Waals surface area contributed by atoms with Crippen molar-refractivity contribution in [2.45, 2.75) is 73.1 Å². The lowest BCUT2D eigenvalue weighted by Crippen LogP contribution is -2.53. The quantitative estimate of drug-likeness (QED) is 0.492. The maximum Gasteiger partial charge on any atom is 0.233 e. The normalized spacial score (nSPS) is 35.2. The standard InChI is InChI=1S/C30H41NO2/c1-18(2)20(4)28-25-14-23(25)16-33-17-30(5)26(28)15-27(31-29(30)32)24-12-8-11-21-9-6-7-10-22(21)13-19(24)3/h9,12-13,15,18,20,22,26,28H,6-8,10-11,14,16-17H2,1-5H3,(H,31,32). The van der Waals surface area contributed by atoms with Crippen LogP contribution in [0.15, 0.2) is 57.9 Å². The van der Waals surface area contributed by atoms with Crippen LogP contribution in [-0.4, -0.2) is 19.1 Å². The Morgan fingerprint density at radius 3 is 2.76 bits per heavy atom. The highest BCUT2D eigenvalue weighted by Crippen LogP contribution is 2.54. The van der Waals surface area contributed by atoms with E-state index in [0.29, 0.717) is 36.9 Å². The van der Waals surface area contributed by atoms with E-state index in [1.54, 1.807) is 11.1 Å². The van der Waals surface area contributed by atoms with E-state index in [0.717, 1.165) is 25.0 Å². The van der Waals surface area contributed by atoms with Crippen LogP contribution in [0, 0.1) is 35.0 Å². The number of hydrogen-bond donors (Lipinski definition) is 1. The van der Waals surface area contributed by atoms with Gasteiger partial charge in [-0.15, -0.1) is 0 Å². The zero-order chi connectivity index (χ0) is 23.3. The van der Waals surface area contributed by atoms with Gasteiger partial charge in [0.25, 0.3) is 0 Å². The number of rotatable bonds is 3. The Labute approximate surface area is 200 Å². The van der Waals surface area contributed by atoms with E-state index in [9.17, 15) is 4.79 Å². The highest BCUT2D eigenvalue weighted by atomic mass is 16.5. The summed E-state index contributed by atoms with van der Waals surface area (Å²) in [7, 11) is 0. The molecule has 0 saturated heterocycles. The minimum absolute atomic E-state index is 0.129. The number of amides is 1. The third-order valence-corrected chi connectivity index (χ3v) is 9.22. The summed E-state index contributed by atoms with van der Waals surface area (Å²) in [6.45, 7) is 12.6. The molecule has 5 aliphatic rings. The van der Waals surface area contributed by atoms with E-state index < -0.39 is 5.41 Å². The first-order valence-electron chi connectivity index (χ1n) is 13.2. The Bertz CT molecular complexity index is 991. The number of hydrogen-bond acceptors (Lipinski definition) is 2. The van der Waals surface area contributed by atoms with Crippen LogP contribution in [0.4, 0.5) is 0 Å². The molecule has 0 bridgehead atoms. The molecule has 0 aromatic heterocycles. The smallest absolute Gasteiger partial charge is 0.233 e. The van der Waals surface area contributed by atoms with Crippen molar-refractivity contribution in [1.29, 1.82) is 0 Å². The number of allylic oxidation sites excluding steroid dienone is 7. The molecular weight excluding hydrogens is 406 g/mol. The number of carbonyl (C=O) groups is 1. The van der Waals surface area contributed by atoms with Gasteiger partial charge in [-0.2, -0.15) is 0 Å². The fraction of sp³-hybridized carbons (Fsp3) is 0.633. The van der Waals surface area contributed by atoms with E-state index in [4.69, 9.17) is 4.74 Å². The first kappa shape index (κ1) is 22.9. The zero-order valence-electron chi connectivity index (χ0n) is 21.2. The molecular formula is C30H41NO2. The third kappa shape index (κ3) is 4.11. The predicted molar refractivity (Wildman–Crippen MR) is 134 cm³/mol. The van der Waals surface area contributed by atoms with Crippen molar-refractivity contribution in [2.24, 2.45) is 35.0 Å². The van der Waals surface area contributed by atoms with Gasteiger partial charge in [0.2, 0.25) is 5.91 Å². The first-order chi connectivity index (χ1) is 15.8. The SMILES string of the molecule is CC1=CC2CCCC=C2CCC=C1C1=CC2C(C(C)C(C)C)C3=C(COCC2(C)C(=O)N1)C3. The van der Waals surface area contributed by atoms with Crippen LogP contribution in [0.25, 0.3) is 0 Å². The third-order valence-electron chi connectivity index (χ3n) is 9.22.